The Morgan fingerprint density at radius 3 is 1.72 bits per heavy atom. The maximum Gasteiger partial charge on any atom is 0.187 e. The third-order valence-corrected chi connectivity index (χ3v) is 6.29. The SMILES string of the molecule is [C-]#[N+]c1ccc(-c2ccc(-c3ccc4c(ccc5ccccc54)c3)c3ccccc23)cc1. The monoisotopic (exact) mass is 405 g/mol. The molecule has 0 amide bonds. The first-order chi connectivity index (χ1) is 15.8. The van der Waals surface area contributed by atoms with Gasteiger partial charge in [0.25, 0.3) is 0 Å². The van der Waals surface area contributed by atoms with Crippen molar-refractivity contribution >= 4 is 38.0 Å². The van der Waals surface area contributed by atoms with E-state index < -0.39 is 0 Å². The third kappa shape index (κ3) is 2.94. The van der Waals surface area contributed by atoms with Crippen LogP contribution in [0.5, 0.6) is 0 Å². The Morgan fingerprint density at radius 2 is 1.00 bits per heavy atom. The van der Waals surface area contributed by atoms with Crippen LogP contribution in [0.4, 0.5) is 5.69 Å². The third-order valence-electron chi connectivity index (χ3n) is 6.29. The molecule has 0 aliphatic rings. The molecule has 0 fully saturated rings. The van der Waals surface area contributed by atoms with Crippen molar-refractivity contribution in [3.05, 3.63) is 127 Å². The lowest BCUT2D eigenvalue weighted by molar-refractivity contribution is 1.64. The quantitative estimate of drug-likeness (QED) is 0.200. The fourth-order valence-electron chi connectivity index (χ4n) is 4.70. The standard InChI is InChI=1S/C31H19N/c1-32-25-15-12-22(13-16-25)27-18-19-29(31-9-5-4-8-30(27)31)24-14-17-28-23(20-24)11-10-21-6-2-3-7-26(21)28/h2-20H. The van der Waals surface area contributed by atoms with E-state index in [1.807, 2.05) is 24.3 Å². The lowest BCUT2D eigenvalue weighted by atomic mass is 9.91. The molecule has 0 aliphatic carbocycles. The summed E-state index contributed by atoms with van der Waals surface area (Å²) in [7, 11) is 0. The van der Waals surface area contributed by atoms with Gasteiger partial charge in [-0.15, -0.1) is 0 Å². The molecule has 0 saturated heterocycles. The second-order valence-corrected chi connectivity index (χ2v) is 8.09. The van der Waals surface area contributed by atoms with E-state index in [4.69, 9.17) is 6.57 Å². The fourth-order valence-corrected chi connectivity index (χ4v) is 4.70. The molecular weight excluding hydrogens is 386 g/mol. The highest BCUT2D eigenvalue weighted by Gasteiger charge is 2.10. The second kappa shape index (κ2) is 7.38. The van der Waals surface area contributed by atoms with Gasteiger partial charge in [0.1, 0.15) is 0 Å². The first-order valence-corrected chi connectivity index (χ1v) is 10.7. The van der Waals surface area contributed by atoms with Gasteiger partial charge in [0.2, 0.25) is 0 Å². The molecule has 148 valence electrons. The topological polar surface area (TPSA) is 4.36 Å². The number of fused-ring (bicyclic) bond motifs is 4. The van der Waals surface area contributed by atoms with Gasteiger partial charge in [0.05, 0.1) is 6.57 Å². The predicted octanol–water partition coefficient (Wildman–Crippen LogP) is 9.03. The van der Waals surface area contributed by atoms with Crippen molar-refractivity contribution in [1.29, 1.82) is 0 Å². The predicted molar refractivity (Wildman–Crippen MR) is 136 cm³/mol. The molecule has 1 heteroatoms. The van der Waals surface area contributed by atoms with E-state index in [1.54, 1.807) is 0 Å². The Kier molecular flexibility index (Phi) is 4.23. The highest BCUT2D eigenvalue weighted by Crippen LogP contribution is 2.37. The zero-order chi connectivity index (χ0) is 21.5. The normalized spacial score (nSPS) is 11.1. The smallest absolute Gasteiger partial charge is 0.187 e. The van der Waals surface area contributed by atoms with Crippen molar-refractivity contribution in [1.82, 2.24) is 0 Å². The molecule has 0 N–H and O–H groups in total. The van der Waals surface area contributed by atoms with Crippen LogP contribution >= 0.6 is 0 Å². The van der Waals surface area contributed by atoms with Gasteiger partial charge in [-0.05, 0) is 60.6 Å². The highest BCUT2D eigenvalue weighted by molar-refractivity contribution is 6.10. The molecule has 6 rings (SSSR count). The Bertz CT molecular complexity index is 1670. The van der Waals surface area contributed by atoms with E-state index in [-0.39, 0.29) is 0 Å². The molecule has 6 aromatic rings. The van der Waals surface area contributed by atoms with Gasteiger partial charge in [-0.3, -0.25) is 0 Å². The molecule has 0 radical (unpaired) electrons. The van der Waals surface area contributed by atoms with Crippen LogP contribution in [-0.2, 0) is 0 Å². The first-order valence-electron chi connectivity index (χ1n) is 10.7. The molecule has 0 bridgehead atoms. The second-order valence-electron chi connectivity index (χ2n) is 8.09. The van der Waals surface area contributed by atoms with E-state index in [2.05, 4.69) is 95.8 Å². The van der Waals surface area contributed by atoms with E-state index >= 15 is 0 Å². The van der Waals surface area contributed by atoms with Crippen LogP contribution in [0.15, 0.2) is 115 Å². The van der Waals surface area contributed by atoms with Crippen molar-refractivity contribution < 1.29 is 0 Å². The van der Waals surface area contributed by atoms with Crippen LogP contribution in [0, 0.1) is 6.57 Å². The summed E-state index contributed by atoms with van der Waals surface area (Å²) in [6, 6.07) is 40.6. The summed E-state index contributed by atoms with van der Waals surface area (Å²) in [6.07, 6.45) is 0. The summed E-state index contributed by atoms with van der Waals surface area (Å²) < 4.78 is 0. The molecule has 0 saturated carbocycles. The summed E-state index contributed by atoms with van der Waals surface area (Å²) in [5.41, 5.74) is 5.44. The number of hydrogen-bond acceptors (Lipinski definition) is 0. The van der Waals surface area contributed by atoms with Gasteiger partial charge in [-0.25, -0.2) is 4.85 Å². The van der Waals surface area contributed by atoms with Crippen LogP contribution in [-0.4, -0.2) is 0 Å². The number of benzene rings is 6. The minimum atomic E-state index is 0.665. The summed E-state index contributed by atoms with van der Waals surface area (Å²) in [6.45, 7) is 7.20. The average molecular weight is 406 g/mol. The fraction of sp³-hybridized carbons (Fsp3) is 0. The Hall–Kier alpha value is -4.41. The van der Waals surface area contributed by atoms with E-state index in [0.29, 0.717) is 5.69 Å². The summed E-state index contributed by atoms with van der Waals surface area (Å²) >= 11 is 0. The van der Waals surface area contributed by atoms with Gasteiger partial charge in [-0.1, -0.05) is 109 Å². The Labute approximate surface area is 187 Å². The van der Waals surface area contributed by atoms with Crippen LogP contribution in [0.1, 0.15) is 0 Å². The average Bonchev–Trinajstić information content (AvgIpc) is 2.87. The van der Waals surface area contributed by atoms with Gasteiger partial charge < -0.3 is 0 Å². The lowest BCUT2D eigenvalue weighted by Gasteiger charge is -2.13. The molecule has 0 atom stereocenters. The number of hydrogen-bond donors (Lipinski definition) is 0. The molecular formula is C31H19N. The zero-order valence-electron chi connectivity index (χ0n) is 17.4. The van der Waals surface area contributed by atoms with E-state index in [9.17, 15) is 0 Å². The minimum absolute atomic E-state index is 0.665. The van der Waals surface area contributed by atoms with Crippen LogP contribution in [0.25, 0.3) is 59.4 Å². The molecule has 0 spiro atoms. The number of rotatable bonds is 2. The molecule has 1 nitrogen and oxygen atoms in total. The molecule has 0 heterocycles. The summed E-state index contributed by atoms with van der Waals surface area (Å²) in [5, 5.41) is 7.56. The van der Waals surface area contributed by atoms with Crippen molar-refractivity contribution in [2.75, 3.05) is 0 Å². The van der Waals surface area contributed by atoms with Gasteiger partial charge in [-0.2, -0.15) is 0 Å². The van der Waals surface area contributed by atoms with Crippen molar-refractivity contribution in [3.63, 3.8) is 0 Å². The van der Waals surface area contributed by atoms with Crippen LogP contribution < -0.4 is 0 Å². The van der Waals surface area contributed by atoms with Crippen molar-refractivity contribution in [3.8, 4) is 22.3 Å². The largest absolute Gasteiger partial charge is 0.238 e. The van der Waals surface area contributed by atoms with Crippen molar-refractivity contribution in [2.24, 2.45) is 0 Å². The van der Waals surface area contributed by atoms with Gasteiger partial charge >= 0.3 is 0 Å². The Balaban J connectivity index is 1.54. The minimum Gasteiger partial charge on any atom is -0.238 e. The Morgan fingerprint density at radius 1 is 0.438 bits per heavy atom. The highest BCUT2D eigenvalue weighted by atomic mass is 14.6. The molecule has 0 aromatic heterocycles. The zero-order valence-corrected chi connectivity index (χ0v) is 17.4. The van der Waals surface area contributed by atoms with Crippen molar-refractivity contribution in [2.45, 2.75) is 0 Å². The first kappa shape index (κ1) is 18.4. The molecule has 0 unspecified atom stereocenters. The molecule has 32 heavy (non-hydrogen) atoms. The summed E-state index contributed by atoms with van der Waals surface area (Å²) in [5.74, 6) is 0. The summed E-state index contributed by atoms with van der Waals surface area (Å²) in [4.78, 5) is 3.52. The van der Waals surface area contributed by atoms with Crippen LogP contribution in [0.3, 0.4) is 0 Å². The van der Waals surface area contributed by atoms with Gasteiger partial charge in [0, 0.05) is 0 Å². The maximum absolute atomic E-state index is 7.20. The molecule has 0 aliphatic heterocycles. The van der Waals surface area contributed by atoms with Gasteiger partial charge in [0.15, 0.2) is 5.69 Å². The number of nitrogens with zero attached hydrogens (tertiary/aromatic N) is 1. The lowest BCUT2D eigenvalue weighted by Crippen LogP contribution is -1.87. The van der Waals surface area contributed by atoms with E-state index in [0.717, 1.165) is 5.56 Å². The maximum atomic E-state index is 7.20. The van der Waals surface area contributed by atoms with Crippen LogP contribution in [0.2, 0.25) is 0 Å². The molecule has 6 aromatic carbocycles. The van der Waals surface area contributed by atoms with E-state index in [1.165, 1.54) is 49.0 Å².